The van der Waals surface area contributed by atoms with Crippen LogP contribution in [-0.2, 0) is 9.59 Å². The first-order valence-electron chi connectivity index (χ1n) is 6.62. The number of carbonyl (C=O) groups is 2. The van der Waals surface area contributed by atoms with Gasteiger partial charge in [0.25, 0.3) is 0 Å². The Morgan fingerprint density at radius 2 is 1.70 bits per heavy atom. The highest BCUT2D eigenvalue weighted by atomic mass is 35.5. The van der Waals surface area contributed by atoms with Gasteiger partial charge in [0.1, 0.15) is 0 Å². The van der Waals surface area contributed by atoms with Gasteiger partial charge in [-0.2, -0.15) is 0 Å². The Balaban J connectivity index is 0.00000180. The lowest BCUT2D eigenvalue weighted by molar-refractivity contribution is -0.135. The van der Waals surface area contributed by atoms with Crippen LogP contribution in [0.3, 0.4) is 0 Å². The van der Waals surface area contributed by atoms with Crippen molar-refractivity contribution < 1.29 is 9.59 Å². The van der Waals surface area contributed by atoms with Crippen LogP contribution in [-0.4, -0.2) is 66.4 Å². The minimum atomic E-state index is -0.568. The summed E-state index contributed by atoms with van der Waals surface area (Å²) in [4.78, 5) is 27.4. The summed E-state index contributed by atoms with van der Waals surface area (Å²) in [5, 5.41) is 2.78. The molecule has 0 unspecified atom stereocenters. The van der Waals surface area contributed by atoms with Crippen LogP contribution >= 0.6 is 24.8 Å². The average molecular weight is 327 g/mol. The molecular formula is C12H24Cl2N4O2. The number of halogens is 2. The highest BCUT2D eigenvalue weighted by Crippen LogP contribution is 2.34. The third-order valence-corrected chi connectivity index (χ3v) is 3.62. The van der Waals surface area contributed by atoms with Crippen molar-refractivity contribution in [2.45, 2.75) is 25.3 Å². The fourth-order valence-corrected chi connectivity index (χ4v) is 2.23. The smallest absolute Gasteiger partial charge is 0.242 e. The molecule has 0 bridgehead atoms. The third-order valence-electron chi connectivity index (χ3n) is 3.62. The Morgan fingerprint density at radius 1 is 1.15 bits per heavy atom. The summed E-state index contributed by atoms with van der Waals surface area (Å²) in [5.74, 6) is 0.134. The molecule has 0 aromatic heterocycles. The predicted octanol–water partition coefficient (Wildman–Crippen LogP) is -0.398. The van der Waals surface area contributed by atoms with Crippen LogP contribution in [0.15, 0.2) is 0 Å². The first-order valence-corrected chi connectivity index (χ1v) is 6.62. The van der Waals surface area contributed by atoms with E-state index in [1.807, 2.05) is 11.8 Å². The van der Waals surface area contributed by atoms with Gasteiger partial charge in [-0.25, -0.2) is 0 Å². The third kappa shape index (κ3) is 4.77. The molecule has 2 amide bonds. The molecule has 0 atom stereocenters. The van der Waals surface area contributed by atoms with Crippen molar-refractivity contribution in [1.82, 2.24) is 15.1 Å². The summed E-state index contributed by atoms with van der Waals surface area (Å²) >= 11 is 0. The second-order valence-electron chi connectivity index (χ2n) is 5.18. The van der Waals surface area contributed by atoms with Gasteiger partial charge >= 0.3 is 0 Å². The van der Waals surface area contributed by atoms with Gasteiger partial charge in [-0.15, -0.1) is 24.8 Å². The van der Waals surface area contributed by atoms with E-state index in [4.69, 9.17) is 5.73 Å². The lowest BCUT2D eigenvalue weighted by atomic mass is 10.2. The number of piperazine rings is 1. The fourth-order valence-electron chi connectivity index (χ4n) is 2.23. The molecule has 1 saturated heterocycles. The molecule has 6 nitrogen and oxygen atoms in total. The first kappa shape index (κ1) is 19.4. The monoisotopic (exact) mass is 326 g/mol. The molecular weight excluding hydrogens is 303 g/mol. The van der Waals surface area contributed by atoms with Crippen LogP contribution in [0.5, 0.6) is 0 Å². The normalized spacial score (nSPS) is 20.4. The Hall–Kier alpha value is -0.560. The summed E-state index contributed by atoms with van der Waals surface area (Å²) in [6.45, 7) is 5.84. The molecule has 8 heteroatoms. The maximum absolute atomic E-state index is 12.0. The molecule has 118 valence electrons. The summed E-state index contributed by atoms with van der Waals surface area (Å²) in [6.07, 6.45) is 1.62. The second-order valence-corrected chi connectivity index (χ2v) is 5.18. The Labute approximate surface area is 132 Å². The largest absolute Gasteiger partial charge is 0.355 e. The van der Waals surface area contributed by atoms with Crippen molar-refractivity contribution in [3.05, 3.63) is 0 Å². The van der Waals surface area contributed by atoms with E-state index in [9.17, 15) is 9.59 Å². The molecule has 1 saturated carbocycles. The number of nitrogens with one attached hydrogen (secondary N) is 1. The number of hydrogen-bond donors (Lipinski definition) is 2. The average Bonchev–Trinajstić information content (AvgIpc) is 3.09. The lowest BCUT2D eigenvalue weighted by Crippen LogP contribution is -2.55. The summed E-state index contributed by atoms with van der Waals surface area (Å²) < 4.78 is 0. The number of nitrogens with zero attached hydrogens (tertiary/aromatic N) is 2. The maximum atomic E-state index is 12.0. The molecule has 0 aromatic carbocycles. The zero-order valence-electron chi connectivity index (χ0n) is 11.8. The Morgan fingerprint density at radius 3 is 2.15 bits per heavy atom. The molecule has 2 aliphatic rings. The Kier molecular flexibility index (Phi) is 7.80. The van der Waals surface area contributed by atoms with E-state index in [2.05, 4.69) is 10.2 Å². The summed E-state index contributed by atoms with van der Waals surface area (Å²) in [5.41, 5.74) is 5.34. The highest BCUT2D eigenvalue weighted by Gasteiger charge is 2.48. The molecule has 2 fully saturated rings. The number of nitrogens with two attached hydrogens (primary N) is 1. The zero-order valence-corrected chi connectivity index (χ0v) is 13.4. The number of carbonyl (C=O) groups excluding carboxylic acids is 2. The van der Waals surface area contributed by atoms with Crippen LogP contribution in [0.4, 0.5) is 0 Å². The van der Waals surface area contributed by atoms with E-state index in [1.54, 1.807) is 0 Å². The Bertz CT molecular complexity index is 342. The minimum absolute atomic E-state index is 0. The van der Waals surface area contributed by atoms with Gasteiger partial charge in [0, 0.05) is 32.7 Å². The number of likely N-dealkylation sites (N-methyl/N-ethyl adjacent to an activating group) is 1. The van der Waals surface area contributed by atoms with Crippen LogP contribution in [0.25, 0.3) is 0 Å². The summed E-state index contributed by atoms with van der Waals surface area (Å²) in [6, 6.07) is 0. The SMILES string of the molecule is CCNC(=O)CN1CCN(C(=O)C2(N)CC2)CC1.Cl.Cl. The minimum Gasteiger partial charge on any atom is -0.355 e. The summed E-state index contributed by atoms with van der Waals surface area (Å²) in [7, 11) is 0. The number of hydrogen-bond acceptors (Lipinski definition) is 4. The van der Waals surface area contributed by atoms with Crippen molar-refractivity contribution >= 4 is 36.6 Å². The van der Waals surface area contributed by atoms with Gasteiger partial charge < -0.3 is 16.0 Å². The molecule has 20 heavy (non-hydrogen) atoms. The van der Waals surface area contributed by atoms with Gasteiger partial charge in [0.2, 0.25) is 11.8 Å². The van der Waals surface area contributed by atoms with Crippen LogP contribution in [0.1, 0.15) is 19.8 Å². The quantitative estimate of drug-likeness (QED) is 0.737. The molecule has 2 rings (SSSR count). The van der Waals surface area contributed by atoms with Crippen LogP contribution in [0, 0.1) is 0 Å². The van der Waals surface area contributed by atoms with Crippen molar-refractivity contribution in [3.63, 3.8) is 0 Å². The lowest BCUT2D eigenvalue weighted by Gasteiger charge is -2.35. The molecule has 0 radical (unpaired) electrons. The van der Waals surface area contributed by atoms with E-state index in [-0.39, 0.29) is 36.6 Å². The van der Waals surface area contributed by atoms with E-state index in [1.165, 1.54) is 0 Å². The number of amides is 2. The van der Waals surface area contributed by atoms with Gasteiger partial charge in [0.05, 0.1) is 12.1 Å². The second kappa shape index (κ2) is 8.02. The van der Waals surface area contributed by atoms with Crippen LogP contribution in [0.2, 0.25) is 0 Å². The predicted molar refractivity (Wildman–Crippen MR) is 82.4 cm³/mol. The maximum Gasteiger partial charge on any atom is 0.242 e. The van der Waals surface area contributed by atoms with Crippen molar-refractivity contribution in [3.8, 4) is 0 Å². The van der Waals surface area contributed by atoms with E-state index in [0.29, 0.717) is 26.2 Å². The molecule has 1 aliphatic carbocycles. The number of rotatable bonds is 4. The zero-order chi connectivity index (χ0) is 13.2. The molecule has 0 spiro atoms. The topological polar surface area (TPSA) is 78.7 Å². The molecule has 1 aliphatic heterocycles. The first-order chi connectivity index (χ1) is 8.55. The molecule has 3 N–H and O–H groups in total. The van der Waals surface area contributed by atoms with Gasteiger partial charge in [-0.3, -0.25) is 14.5 Å². The van der Waals surface area contributed by atoms with Crippen LogP contribution < -0.4 is 11.1 Å². The van der Waals surface area contributed by atoms with E-state index >= 15 is 0 Å². The van der Waals surface area contributed by atoms with E-state index in [0.717, 1.165) is 25.9 Å². The van der Waals surface area contributed by atoms with Crippen molar-refractivity contribution in [1.29, 1.82) is 0 Å². The molecule has 1 heterocycles. The van der Waals surface area contributed by atoms with Gasteiger partial charge in [-0.1, -0.05) is 0 Å². The van der Waals surface area contributed by atoms with Gasteiger partial charge in [-0.05, 0) is 19.8 Å². The van der Waals surface area contributed by atoms with Gasteiger partial charge in [0.15, 0.2) is 0 Å². The molecule has 0 aromatic rings. The highest BCUT2D eigenvalue weighted by molar-refractivity contribution is 5.89. The fraction of sp³-hybridized carbons (Fsp3) is 0.833. The van der Waals surface area contributed by atoms with Crippen molar-refractivity contribution in [2.24, 2.45) is 5.73 Å². The van der Waals surface area contributed by atoms with Crippen molar-refractivity contribution in [2.75, 3.05) is 39.3 Å². The van der Waals surface area contributed by atoms with E-state index < -0.39 is 5.54 Å². The standard InChI is InChI=1S/C12H22N4O2.2ClH/c1-2-14-10(17)9-15-5-7-16(8-6-15)11(18)12(13)3-4-12;;/h2-9,13H2,1H3,(H,14,17);2*1H.